The highest BCUT2D eigenvalue weighted by molar-refractivity contribution is 6.18. The molecule has 0 spiro atoms. The molecule has 0 radical (unpaired) electrons. The average Bonchev–Trinajstić information content (AvgIpc) is 2.75. The summed E-state index contributed by atoms with van der Waals surface area (Å²) in [6.45, 7) is 2.99. The summed E-state index contributed by atoms with van der Waals surface area (Å²) in [5, 5.41) is 0.0415. The summed E-state index contributed by atoms with van der Waals surface area (Å²) in [6.07, 6.45) is 4.12. The van der Waals surface area contributed by atoms with Crippen molar-refractivity contribution in [2.75, 3.05) is 7.11 Å². The molecule has 0 saturated carbocycles. The Hall–Kier alpha value is -3.35. The van der Waals surface area contributed by atoms with Gasteiger partial charge in [0.05, 0.1) is 18.9 Å². The molecule has 0 aliphatic carbocycles. The number of hydrogen-bond acceptors (Lipinski definition) is 7. The number of aryl methyl sites for hydroxylation is 1. The van der Waals surface area contributed by atoms with Crippen LogP contribution in [0.3, 0.4) is 0 Å². The van der Waals surface area contributed by atoms with Gasteiger partial charge in [0.1, 0.15) is 22.3 Å². The Morgan fingerprint density at radius 1 is 1.20 bits per heavy atom. The molecule has 0 N–H and O–H groups in total. The lowest BCUT2D eigenvalue weighted by Gasteiger charge is -2.11. The third kappa shape index (κ3) is 2.91. The number of ether oxygens (including phenoxy) is 3. The molecule has 0 fully saturated rings. The van der Waals surface area contributed by atoms with E-state index >= 15 is 0 Å². The predicted molar refractivity (Wildman–Crippen MR) is 88.3 cm³/mol. The summed E-state index contributed by atoms with van der Waals surface area (Å²) >= 11 is 0. The first-order valence-corrected chi connectivity index (χ1v) is 7.34. The van der Waals surface area contributed by atoms with Crippen molar-refractivity contribution in [3.63, 3.8) is 0 Å². The number of hydrogen-bond donors (Lipinski definition) is 0. The zero-order valence-electron chi connectivity index (χ0n) is 13.7. The summed E-state index contributed by atoms with van der Waals surface area (Å²) in [7, 11) is 1.20. The first-order valence-electron chi connectivity index (χ1n) is 7.34. The minimum Gasteiger partial charge on any atom is -0.465 e. The van der Waals surface area contributed by atoms with Gasteiger partial charge in [-0.1, -0.05) is 0 Å². The Morgan fingerprint density at radius 2 is 1.96 bits per heavy atom. The molecule has 0 amide bonds. The fourth-order valence-corrected chi connectivity index (χ4v) is 2.54. The molecule has 7 heteroatoms. The molecule has 0 unspecified atom stereocenters. The Balaban J connectivity index is 2.40. The second-order valence-electron chi connectivity index (χ2n) is 5.34. The normalized spacial score (nSPS) is 12.7. The number of allylic oxidation sites excluding steroid dienone is 2. The third-order valence-corrected chi connectivity index (χ3v) is 3.52. The first kappa shape index (κ1) is 16.5. The molecular formula is C18H14O7. The van der Waals surface area contributed by atoms with Crippen LogP contribution in [-0.4, -0.2) is 19.0 Å². The highest BCUT2D eigenvalue weighted by atomic mass is 16.6. The van der Waals surface area contributed by atoms with Crippen molar-refractivity contribution in [3.8, 4) is 11.7 Å². The number of rotatable bonds is 2. The van der Waals surface area contributed by atoms with Gasteiger partial charge in [-0.25, -0.2) is 4.79 Å². The van der Waals surface area contributed by atoms with Crippen LogP contribution in [0.2, 0.25) is 0 Å². The zero-order valence-corrected chi connectivity index (χ0v) is 13.7. The number of carbonyl (C=O) groups is 2. The fraction of sp³-hybridized carbons (Fsp3) is 0.167. The van der Waals surface area contributed by atoms with Gasteiger partial charge in [0.2, 0.25) is 5.43 Å². The zero-order chi connectivity index (χ0) is 18.1. The molecule has 1 aliphatic heterocycles. The number of fused-ring (bicyclic) bond motifs is 2. The van der Waals surface area contributed by atoms with Crippen LogP contribution < -0.4 is 14.9 Å². The van der Waals surface area contributed by atoms with Gasteiger partial charge in [0.25, 0.3) is 0 Å². The lowest BCUT2D eigenvalue weighted by Crippen LogP contribution is -2.16. The smallest absolute Gasteiger partial charge is 0.338 e. The van der Waals surface area contributed by atoms with Crippen molar-refractivity contribution in [2.45, 2.75) is 13.8 Å². The van der Waals surface area contributed by atoms with Crippen molar-refractivity contribution in [1.29, 1.82) is 0 Å². The van der Waals surface area contributed by atoms with Crippen LogP contribution >= 0.6 is 0 Å². The van der Waals surface area contributed by atoms with E-state index in [0.29, 0.717) is 0 Å². The molecule has 0 saturated heterocycles. The van der Waals surface area contributed by atoms with Gasteiger partial charge < -0.3 is 18.6 Å². The van der Waals surface area contributed by atoms with Gasteiger partial charge in [-0.05, 0) is 36.8 Å². The van der Waals surface area contributed by atoms with Crippen LogP contribution in [0.15, 0.2) is 39.8 Å². The van der Waals surface area contributed by atoms with Crippen molar-refractivity contribution in [2.24, 2.45) is 0 Å². The maximum absolute atomic E-state index is 13.1. The summed E-state index contributed by atoms with van der Waals surface area (Å²) in [4.78, 5) is 36.5. The Bertz CT molecular complexity index is 1010. The van der Waals surface area contributed by atoms with Crippen LogP contribution in [-0.2, 0) is 14.3 Å². The lowest BCUT2D eigenvalue weighted by molar-refractivity contribution is -0.134. The number of esters is 2. The van der Waals surface area contributed by atoms with E-state index in [1.165, 1.54) is 32.4 Å². The maximum atomic E-state index is 13.1. The largest absolute Gasteiger partial charge is 0.465 e. The molecule has 7 nitrogen and oxygen atoms in total. The van der Waals surface area contributed by atoms with E-state index in [0.717, 1.165) is 5.56 Å². The summed E-state index contributed by atoms with van der Waals surface area (Å²) in [6, 6.07) is 3.16. The second kappa shape index (κ2) is 6.27. The topological polar surface area (TPSA) is 92.0 Å². The van der Waals surface area contributed by atoms with Gasteiger partial charge in [-0.15, -0.1) is 0 Å². The molecule has 25 heavy (non-hydrogen) atoms. The third-order valence-electron chi connectivity index (χ3n) is 3.52. The Morgan fingerprint density at radius 3 is 2.64 bits per heavy atom. The SMILES string of the molecule is COC(=O)C1=CC=COc2oc3cc(C)cc(OC(C)=O)c3c(=O)c21. The quantitative estimate of drug-likeness (QED) is 0.611. The molecule has 1 aliphatic rings. The van der Waals surface area contributed by atoms with Crippen LogP contribution in [0.5, 0.6) is 11.7 Å². The van der Waals surface area contributed by atoms with E-state index in [1.54, 1.807) is 19.1 Å². The molecule has 0 bridgehead atoms. The van der Waals surface area contributed by atoms with Gasteiger partial charge in [0.15, 0.2) is 0 Å². The van der Waals surface area contributed by atoms with E-state index in [9.17, 15) is 14.4 Å². The van der Waals surface area contributed by atoms with E-state index in [4.69, 9.17) is 18.6 Å². The first-order chi connectivity index (χ1) is 11.9. The molecule has 2 heterocycles. The van der Waals surface area contributed by atoms with Crippen LogP contribution in [0.25, 0.3) is 16.5 Å². The predicted octanol–water partition coefficient (Wildman–Crippen LogP) is 2.49. The second-order valence-corrected chi connectivity index (χ2v) is 5.34. The Labute approximate surface area is 142 Å². The van der Waals surface area contributed by atoms with Crippen molar-refractivity contribution in [1.82, 2.24) is 0 Å². The van der Waals surface area contributed by atoms with Crippen LogP contribution in [0.1, 0.15) is 18.1 Å². The number of carbonyl (C=O) groups excluding carboxylic acids is 2. The summed E-state index contributed by atoms with van der Waals surface area (Å²) < 4.78 is 20.8. The van der Waals surface area contributed by atoms with E-state index in [-0.39, 0.29) is 33.8 Å². The highest BCUT2D eigenvalue weighted by Crippen LogP contribution is 2.34. The van der Waals surface area contributed by atoms with Gasteiger partial charge in [-0.3, -0.25) is 9.59 Å². The summed E-state index contributed by atoms with van der Waals surface area (Å²) in [5.41, 5.74) is 0.227. The van der Waals surface area contributed by atoms with Gasteiger partial charge >= 0.3 is 17.9 Å². The van der Waals surface area contributed by atoms with Crippen molar-refractivity contribution >= 4 is 28.5 Å². The summed E-state index contributed by atoms with van der Waals surface area (Å²) in [5.74, 6) is -1.38. The lowest BCUT2D eigenvalue weighted by atomic mass is 10.0. The molecule has 128 valence electrons. The maximum Gasteiger partial charge on any atom is 0.338 e. The van der Waals surface area contributed by atoms with Crippen LogP contribution in [0, 0.1) is 6.92 Å². The molecule has 3 rings (SSSR count). The Kier molecular flexibility index (Phi) is 4.14. The van der Waals surface area contributed by atoms with E-state index in [2.05, 4.69) is 0 Å². The molecule has 0 atom stereocenters. The number of benzene rings is 1. The van der Waals surface area contributed by atoms with Crippen molar-refractivity contribution < 1.29 is 28.2 Å². The van der Waals surface area contributed by atoms with E-state index < -0.39 is 17.4 Å². The van der Waals surface area contributed by atoms with E-state index in [1.807, 2.05) is 0 Å². The van der Waals surface area contributed by atoms with Crippen molar-refractivity contribution in [3.05, 3.63) is 51.9 Å². The average molecular weight is 342 g/mol. The minimum absolute atomic E-state index is 0.0174. The number of methoxy groups -OCH3 is 1. The molecule has 1 aromatic heterocycles. The van der Waals surface area contributed by atoms with Gasteiger partial charge in [-0.2, -0.15) is 0 Å². The highest BCUT2D eigenvalue weighted by Gasteiger charge is 2.27. The van der Waals surface area contributed by atoms with Crippen LogP contribution in [0.4, 0.5) is 0 Å². The van der Waals surface area contributed by atoms with Gasteiger partial charge in [0, 0.05) is 6.92 Å². The molecule has 2 aromatic rings. The standard InChI is InChI=1S/C18H14O7/c1-9-7-12(24-10(2)19)15-13(8-9)25-18-14(16(15)20)11(17(21)22-3)5-4-6-23-18/h4-8H,1-3H3. The molecular weight excluding hydrogens is 328 g/mol. The molecule has 1 aromatic carbocycles. The minimum atomic E-state index is -0.718. The fourth-order valence-electron chi connectivity index (χ4n) is 2.54. The monoisotopic (exact) mass is 342 g/mol.